The summed E-state index contributed by atoms with van der Waals surface area (Å²) in [5, 5.41) is 12.4. The second kappa shape index (κ2) is 16.5. The van der Waals surface area contributed by atoms with Crippen molar-refractivity contribution in [2.45, 2.75) is 61.8 Å². The summed E-state index contributed by atoms with van der Waals surface area (Å²) in [7, 11) is 4.57. The first kappa shape index (κ1) is 38.6. The van der Waals surface area contributed by atoms with Gasteiger partial charge in [0.05, 0.1) is 36.8 Å². The van der Waals surface area contributed by atoms with Crippen molar-refractivity contribution in [3.05, 3.63) is 81.6 Å². The number of amides is 2. The van der Waals surface area contributed by atoms with Crippen molar-refractivity contribution in [2.24, 2.45) is 0 Å². The molecule has 2 amide bonds. The van der Waals surface area contributed by atoms with Crippen LogP contribution in [0.25, 0.3) is 0 Å². The van der Waals surface area contributed by atoms with Crippen molar-refractivity contribution < 1.29 is 33.7 Å². The maximum atomic E-state index is 14.2. The molecule has 3 saturated heterocycles. The first-order valence-corrected chi connectivity index (χ1v) is 18.8. The molecule has 2 atom stereocenters. The highest BCUT2D eigenvalue weighted by Crippen LogP contribution is 2.43. The molecule has 14 heteroatoms. The molecule has 2 unspecified atom stereocenters. The third kappa shape index (κ3) is 7.92. The number of rotatable bonds is 12. The fraction of sp³-hybridized carbons (Fsp3) is 0.487. The minimum Gasteiger partial charge on any atom is -0.493 e. The van der Waals surface area contributed by atoms with Crippen LogP contribution in [0.5, 0.6) is 17.2 Å². The molecule has 3 aliphatic rings. The number of piperidine rings is 2. The Bertz CT molecular complexity index is 1780. The lowest BCUT2D eigenvalue weighted by molar-refractivity contribution is -0.149. The Morgan fingerprint density at radius 3 is 2.26 bits per heavy atom. The predicted octanol–water partition coefficient (Wildman–Crippen LogP) is 5.59. The Hall–Kier alpha value is -4.10. The van der Waals surface area contributed by atoms with E-state index in [0.29, 0.717) is 84.8 Å². The molecular formula is C39H47Cl2N5O7. The summed E-state index contributed by atoms with van der Waals surface area (Å²) in [5.41, 5.74) is 4.04. The Balaban J connectivity index is 1.20. The van der Waals surface area contributed by atoms with Crippen molar-refractivity contribution in [2.75, 3.05) is 60.6 Å². The molecule has 6 rings (SSSR count). The van der Waals surface area contributed by atoms with Crippen LogP contribution in [0.4, 0.5) is 0 Å². The van der Waals surface area contributed by atoms with E-state index in [1.165, 1.54) is 21.3 Å². The average Bonchev–Trinajstić information content (AvgIpc) is 3.63. The van der Waals surface area contributed by atoms with Crippen LogP contribution in [0.3, 0.4) is 0 Å². The number of pyridine rings is 1. The van der Waals surface area contributed by atoms with Crippen LogP contribution in [0.2, 0.25) is 10.0 Å². The largest absolute Gasteiger partial charge is 0.493 e. The lowest BCUT2D eigenvalue weighted by Crippen LogP contribution is -2.60. The lowest BCUT2D eigenvalue weighted by atomic mass is 9.72. The summed E-state index contributed by atoms with van der Waals surface area (Å²) in [5.74, 6) is -0.0344. The quantitative estimate of drug-likeness (QED) is 0.240. The van der Waals surface area contributed by atoms with E-state index < -0.39 is 22.8 Å². The number of aliphatic carboxylic acids is 1. The number of nitrogens with zero attached hydrogens (tertiary/aromatic N) is 4. The molecule has 1 aromatic heterocycles. The Kier molecular flexibility index (Phi) is 12.0. The number of benzene rings is 2. The van der Waals surface area contributed by atoms with E-state index in [1.54, 1.807) is 29.5 Å². The number of hydrazine groups is 1. The molecule has 284 valence electrons. The number of halogens is 2. The van der Waals surface area contributed by atoms with Gasteiger partial charge in [0.1, 0.15) is 6.04 Å². The highest BCUT2D eigenvalue weighted by atomic mass is 35.5. The van der Waals surface area contributed by atoms with Crippen molar-refractivity contribution in [1.82, 2.24) is 25.2 Å². The van der Waals surface area contributed by atoms with E-state index in [-0.39, 0.29) is 11.8 Å². The lowest BCUT2D eigenvalue weighted by Gasteiger charge is -2.43. The summed E-state index contributed by atoms with van der Waals surface area (Å²) >= 11 is 12.9. The number of hydrogen-bond donors (Lipinski definition) is 2. The minimum atomic E-state index is -0.929. The second-order valence-corrected chi connectivity index (χ2v) is 15.0. The number of carbonyl (C=O) groups excluding carboxylic acids is 2. The summed E-state index contributed by atoms with van der Waals surface area (Å²) < 4.78 is 16.5. The third-order valence-electron chi connectivity index (χ3n) is 11.4. The van der Waals surface area contributed by atoms with E-state index in [1.807, 2.05) is 35.2 Å². The average molecular weight is 769 g/mol. The van der Waals surface area contributed by atoms with Gasteiger partial charge in [-0.3, -0.25) is 24.8 Å². The summed E-state index contributed by atoms with van der Waals surface area (Å²) in [6.07, 6.45) is 8.11. The molecule has 0 spiro atoms. The van der Waals surface area contributed by atoms with Gasteiger partial charge in [0, 0.05) is 43.0 Å². The molecule has 3 fully saturated rings. The number of methoxy groups -OCH3 is 3. The molecule has 3 aliphatic heterocycles. The second-order valence-electron chi connectivity index (χ2n) is 14.2. The van der Waals surface area contributed by atoms with E-state index in [2.05, 4.69) is 15.3 Å². The van der Waals surface area contributed by atoms with Gasteiger partial charge < -0.3 is 29.1 Å². The van der Waals surface area contributed by atoms with Crippen LogP contribution in [0, 0.1) is 0 Å². The highest BCUT2D eigenvalue weighted by molar-refractivity contribution is 6.42. The predicted molar refractivity (Wildman–Crippen MR) is 201 cm³/mol. The van der Waals surface area contributed by atoms with Gasteiger partial charge in [-0.15, -0.1) is 0 Å². The maximum Gasteiger partial charge on any atom is 0.322 e. The molecule has 0 radical (unpaired) electrons. The molecule has 3 aromatic rings. The SMILES string of the molecule is COc1cc(C(=O)N2CCC(CCN3CCC(C(=O)NN4CCCCC4C(=O)O)(c4cccnc4)CC3)(c3ccc(Cl)c(Cl)c3)C2)cc(OC)c1OC. The molecule has 0 saturated carbocycles. The van der Waals surface area contributed by atoms with Crippen LogP contribution < -0.4 is 19.6 Å². The molecule has 2 N–H and O–H groups in total. The van der Waals surface area contributed by atoms with Crippen LogP contribution in [-0.2, 0) is 20.4 Å². The maximum absolute atomic E-state index is 14.2. The van der Waals surface area contributed by atoms with Gasteiger partial charge in [0.25, 0.3) is 5.91 Å². The normalized spacial score (nSPS) is 21.9. The summed E-state index contributed by atoms with van der Waals surface area (Å²) in [6.45, 7) is 3.52. The van der Waals surface area contributed by atoms with Gasteiger partial charge in [-0.2, -0.15) is 0 Å². The first-order chi connectivity index (χ1) is 25.5. The molecule has 2 aromatic carbocycles. The molecule has 53 heavy (non-hydrogen) atoms. The van der Waals surface area contributed by atoms with E-state index in [0.717, 1.165) is 43.4 Å². The highest BCUT2D eigenvalue weighted by Gasteiger charge is 2.46. The molecule has 12 nitrogen and oxygen atoms in total. The van der Waals surface area contributed by atoms with Crippen LogP contribution in [0.1, 0.15) is 66.4 Å². The number of hydrogen-bond acceptors (Lipinski definition) is 9. The van der Waals surface area contributed by atoms with Crippen molar-refractivity contribution in [3.63, 3.8) is 0 Å². The zero-order chi connectivity index (χ0) is 37.8. The van der Waals surface area contributed by atoms with Crippen LogP contribution in [-0.4, -0.2) is 109 Å². The topological polar surface area (TPSA) is 134 Å². The number of carbonyl (C=O) groups is 3. The van der Waals surface area contributed by atoms with Crippen molar-refractivity contribution >= 4 is 41.0 Å². The fourth-order valence-electron chi connectivity index (χ4n) is 8.23. The van der Waals surface area contributed by atoms with Crippen molar-refractivity contribution in [1.29, 1.82) is 0 Å². The van der Waals surface area contributed by atoms with Crippen molar-refractivity contribution in [3.8, 4) is 17.2 Å². The van der Waals surface area contributed by atoms with E-state index in [4.69, 9.17) is 37.4 Å². The van der Waals surface area contributed by atoms with E-state index >= 15 is 0 Å². The minimum absolute atomic E-state index is 0.143. The van der Waals surface area contributed by atoms with E-state index in [9.17, 15) is 19.5 Å². The van der Waals surface area contributed by atoms with Gasteiger partial charge in [-0.1, -0.05) is 35.3 Å². The molecule has 0 bridgehead atoms. The number of ether oxygens (including phenoxy) is 3. The molecule has 0 aliphatic carbocycles. The first-order valence-electron chi connectivity index (χ1n) is 18.0. The van der Waals surface area contributed by atoms with Gasteiger partial charge in [-0.25, -0.2) is 5.01 Å². The Labute approximate surface area is 320 Å². The molecule has 4 heterocycles. The number of carboxylic acid groups (broad SMARTS) is 1. The number of nitrogens with one attached hydrogen (secondary N) is 1. The number of carboxylic acids is 1. The monoisotopic (exact) mass is 767 g/mol. The summed E-state index contributed by atoms with van der Waals surface area (Å²) in [4.78, 5) is 48.8. The number of likely N-dealkylation sites (tertiary alicyclic amines) is 2. The van der Waals surface area contributed by atoms with Gasteiger partial charge in [-0.05, 0) is 106 Å². The van der Waals surface area contributed by atoms with Crippen LogP contribution in [0.15, 0.2) is 54.9 Å². The van der Waals surface area contributed by atoms with Gasteiger partial charge in [0.2, 0.25) is 11.7 Å². The van der Waals surface area contributed by atoms with Gasteiger partial charge in [0.15, 0.2) is 11.5 Å². The molecular weight excluding hydrogens is 721 g/mol. The zero-order valence-electron chi connectivity index (χ0n) is 30.4. The zero-order valence-corrected chi connectivity index (χ0v) is 31.9. The summed E-state index contributed by atoms with van der Waals surface area (Å²) in [6, 6.07) is 12.1. The number of aromatic nitrogens is 1. The standard InChI is InChI=1S/C39H47Cl2N5O7/c1-51-32-21-26(22-33(52-2)34(32)53-3)35(47)45-20-12-38(25-45,27-9-10-29(40)30(41)23-27)11-17-44-18-13-39(14-19-44,28-7-6-15-42-24-28)37(50)43-46-16-5-4-8-31(46)36(48)49/h6-7,9-10,15,21-24,31H,4-5,8,11-14,16-20,25H2,1-3H3,(H,43,50)(H,48,49). The smallest absolute Gasteiger partial charge is 0.322 e. The Morgan fingerprint density at radius 2 is 1.64 bits per heavy atom. The van der Waals surface area contributed by atoms with Crippen LogP contribution >= 0.6 is 23.2 Å². The Morgan fingerprint density at radius 1 is 0.906 bits per heavy atom. The fourth-order valence-corrected chi connectivity index (χ4v) is 8.52. The van der Waals surface area contributed by atoms with Gasteiger partial charge >= 0.3 is 5.97 Å². The third-order valence-corrected chi connectivity index (χ3v) is 12.1.